The Morgan fingerprint density at radius 1 is 0.443 bits per heavy atom. The van der Waals surface area contributed by atoms with E-state index in [-0.39, 0.29) is 55.8 Å². The third-order valence-corrected chi connectivity index (χ3v) is 24.3. The number of fused-ring (bicyclic) bond motifs is 5. The van der Waals surface area contributed by atoms with E-state index in [0.717, 1.165) is 0 Å². The molecule has 97 heavy (non-hydrogen) atoms. The highest BCUT2D eigenvalue weighted by molar-refractivity contribution is 5.81. The largest absolute Gasteiger partial charge is 0.394 e. The number of hydrogen-bond acceptors (Lipinski definition) is 31. The maximum absolute atomic E-state index is 12.8. The van der Waals surface area contributed by atoms with Gasteiger partial charge in [0.05, 0.1) is 98.0 Å². The van der Waals surface area contributed by atoms with Gasteiger partial charge in [0.15, 0.2) is 44.0 Å². The molecular weight excluding hydrogens is 1290 g/mol. The molecule has 7 aliphatic heterocycles. The average Bonchev–Trinajstić information content (AvgIpc) is 1.57. The number of carbonyl (C=O) groups is 1. The van der Waals surface area contributed by atoms with Crippen LogP contribution in [0.15, 0.2) is 0 Å². The monoisotopic (exact) mass is 1400 g/mol. The van der Waals surface area contributed by atoms with Gasteiger partial charge in [-0.1, -0.05) is 13.8 Å². The molecule has 0 aromatic heterocycles. The van der Waals surface area contributed by atoms with Crippen molar-refractivity contribution in [3.05, 3.63) is 0 Å². The van der Waals surface area contributed by atoms with Crippen LogP contribution in [0.25, 0.3) is 0 Å². The maximum Gasteiger partial charge on any atom is 0.187 e. The Bertz CT molecular complexity index is 2560. The van der Waals surface area contributed by atoms with Gasteiger partial charge in [-0.2, -0.15) is 0 Å². The topological polar surface area (TPSA) is 437 Å². The van der Waals surface area contributed by atoms with Crippen LogP contribution in [-0.2, 0) is 85.3 Å². The van der Waals surface area contributed by atoms with Crippen molar-refractivity contribution in [2.75, 3.05) is 34.5 Å². The number of aliphatic hydroxyl groups excluding tert-OH is 11. The Labute approximate surface area is 565 Å². The number of methoxy groups -OCH3 is 3. The van der Waals surface area contributed by atoms with E-state index in [1.165, 1.54) is 21.1 Å². The van der Waals surface area contributed by atoms with Crippen LogP contribution in [-0.4, -0.2) is 321 Å². The van der Waals surface area contributed by atoms with E-state index in [2.05, 4.69) is 6.92 Å². The third-order valence-electron chi connectivity index (χ3n) is 24.3. The second kappa shape index (κ2) is 30.5. The molecule has 0 radical (unpaired) electrons. The van der Waals surface area contributed by atoms with E-state index in [9.17, 15) is 71.2 Å². The van der Waals surface area contributed by atoms with Gasteiger partial charge in [0, 0.05) is 58.8 Å². The minimum Gasteiger partial charge on any atom is -0.394 e. The number of ketones is 1. The van der Waals surface area contributed by atoms with Crippen LogP contribution >= 0.6 is 0 Å². The van der Waals surface area contributed by atoms with Gasteiger partial charge in [0.1, 0.15) is 96.8 Å². The van der Waals surface area contributed by atoms with Crippen LogP contribution < -0.4 is 0 Å². The molecule has 0 bridgehead atoms. The van der Waals surface area contributed by atoms with Crippen molar-refractivity contribution in [3.8, 4) is 0 Å². The quantitative estimate of drug-likeness (QED) is 0.0574. The minimum atomic E-state index is -2.06. The molecule has 0 aromatic rings. The molecule has 11 aliphatic rings. The van der Waals surface area contributed by atoms with Crippen LogP contribution in [0.3, 0.4) is 0 Å². The second-order valence-electron chi connectivity index (χ2n) is 30.0. The smallest absolute Gasteiger partial charge is 0.187 e. The van der Waals surface area contributed by atoms with Gasteiger partial charge in [0.25, 0.3) is 0 Å². The van der Waals surface area contributed by atoms with Crippen molar-refractivity contribution >= 4 is 5.78 Å². The summed E-state index contributed by atoms with van der Waals surface area (Å²) < 4.78 is 105. The zero-order valence-corrected chi connectivity index (χ0v) is 57.3. The highest BCUT2D eigenvalue weighted by Gasteiger charge is 2.80. The molecule has 13 N–H and O–H groups in total. The van der Waals surface area contributed by atoms with E-state index >= 15 is 0 Å². The second-order valence-corrected chi connectivity index (χ2v) is 30.0. The van der Waals surface area contributed by atoms with Crippen molar-refractivity contribution in [2.45, 2.75) is 346 Å². The molecule has 7 saturated heterocycles. The summed E-state index contributed by atoms with van der Waals surface area (Å²) in [7, 11) is 4.58. The molecular formula is C66H110O31. The lowest BCUT2D eigenvalue weighted by Crippen LogP contribution is -2.76. The normalized spacial score (nSPS) is 55.1. The van der Waals surface area contributed by atoms with E-state index in [0.29, 0.717) is 44.9 Å². The van der Waals surface area contributed by atoms with E-state index in [4.69, 9.17) is 80.5 Å². The van der Waals surface area contributed by atoms with Crippen molar-refractivity contribution in [1.82, 2.24) is 0 Å². The summed E-state index contributed by atoms with van der Waals surface area (Å²) in [4.78, 5) is 12.8. The lowest BCUT2D eigenvalue weighted by molar-refractivity contribution is -0.376. The highest BCUT2D eigenvalue weighted by Crippen LogP contribution is 2.71. The molecule has 40 unspecified atom stereocenters. The number of carbonyl (C=O) groups excluding carboxylic acids is 1. The van der Waals surface area contributed by atoms with Gasteiger partial charge >= 0.3 is 0 Å². The average molecular weight is 1400 g/mol. The minimum absolute atomic E-state index is 0.00530. The van der Waals surface area contributed by atoms with Crippen LogP contribution in [0.1, 0.15) is 132 Å². The summed E-state index contributed by atoms with van der Waals surface area (Å²) in [6.07, 6.45) is -30.5. The summed E-state index contributed by atoms with van der Waals surface area (Å²) in [5.41, 5.74) is -5.37. The van der Waals surface area contributed by atoms with Crippen LogP contribution in [0, 0.1) is 28.6 Å². The molecule has 11 fully saturated rings. The molecule has 0 aromatic carbocycles. The molecule has 0 amide bonds. The fraction of sp³-hybridized carbons (Fsp3) is 0.985. The molecule has 31 heteroatoms. The van der Waals surface area contributed by atoms with Crippen LogP contribution in [0.5, 0.6) is 0 Å². The Hall–Kier alpha value is -1.53. The Kier molecular flexibility index (Phi) is 24.1. The number of aliphatic hydroxyl groups is 13. The molecule has 11 rings (SSSR count). The van der Waals surface area contributed by atoms with Crippen molar-refractivity contribution in [3.63, 3.8) is 0 Å². The van der Waals surface area contributed by atoms with Gasteiger partial charge < -0.3 is 147 Å². The third kappa shape index (κ3) is 14.2. The summed E-state index contributed by atoms with van der Waals surface area (Å²) in [5.74, 6) is -1.55. The zero-order valence-electron chi connectivity index (χ0n) is 57.3. The molecule has 560 valence electrons. The van der Waals surface area contributed by atoms with Gasteiger partial charge in [-0.05, 0) is 104 Å². The number of hydrogen-bond donors (Lipinski definition) is 13. The van der Waals surface area contributed by atoms with E-state index in [1.54, 1.807) is 41.7 Å². The Balaban J connectivity index is 0.612. The van der Waals surface area contributed by atoms with Crippen molar-refractivity contribution in [1.29, 1.82) is 0 Å². The number of ether oxygens (including phenoxy) is 17. The first-order valence-corrected chi connectivity index (χ1v) is 34.9. The first kappa shape index (κ1) is 76.6. The van der Waals surface area contributed by atoms with E-state index < -0.39 is 238 Å². The predicted molar refractivity (Wildman–Crippen MR) is 326 cm³/mol. The zero-order chi connectivity index (χ0) is 70.3. The molecule has 4 aliphatic carbocycles. The SMILES string of the molecule is COC1CC(OC2CCC3(C)C(CCC4(O)C3CCC3(C)C(C(C)=O)C(O)C(O)C34O)C2)OC(C)C1OC1CC(O)C(OC2CC(O)C(OC3CC(OC)C(OC4CC(OC)C(OC5OC(CO)C(OC6OC(CO)C(O)C(O)C6O)C(O)C5O)C(C)O4)C(C)O3)C(C)O2)C(C)O1. The van der Waals surface area contributed by atoms with Gasteiger partial charge in [-0.3, -0.25) is 4.79 Å². The standard InChI is InChI=1S/C66H110O31/c1-26(69)47-49(73)60(78)66(80)64(47,8)16-14-41-63(7)15-13-33(18-32(63)12-17-65(41,66)79)89-44-21-36(81-9)56(29(4)86-44)94-43-20-35(71)54(27(2)85-43)92-42-19-34(70)55(28(3)84-42)93-45-22-37(82-10)57(30(5)87-45)95-46-23-38(83-11)58(31(6)88-46)96-62-53(77)51(75)59(40(25-68)91-62)97-61-52(76)50(74)48(72)39(24-67)90-61/h27-62,67-68,70-80H,12-25H2,1-11H3. The summed E-state index contributed by atoms with van der Waals surface area (Å²) in [5, 5.41) is 144. The van der Waals surface area contributed by atoms with E-state index in [1.807, 2.05) is 6.92 Å². The molecule has 0 spiro atoms. The Morgan fingerprint density at radius 3 is 1.33 bits per heavy atom. The summed E-state index contributed by atoms with van der Waals surface area (Å²) in [6, 6.07) is 0. The first-order chi connectivity index (χ1) is 45.9. The maximum atomic E-state index is 12.8. The predicted octanol–water partition coefficient (Wildman–Crippen LogP) is -2.22. The molecule has 40 atom stereocenters. The number of rotatable bonds is 20. The highest BCUT2D eigenvalue weighted by atomic mass is 16.8. The first-order valence-electron chi connectivity index (χ1n) is 34.9. The fourth-order valence-corrected chi connectivity index (χ4v) is 19.1. The Morgan fingerprint density at radius 2 is 0.866 bits per heavy atom. The van der Waals surface area contributed by atoms with Crippen LogP contribution in [0.4, 0.5) is 0 Å². The molecule has 4 saturated carbocycles. The summed E-state index contributed by atoms with van der Waals surface area (Å²) >= 11 is 0. The van der Waals surface area contributed by atoms with Gasteiger partial charge in [-0.15, -0.1) is 0 Å². The lowest BCUT2D eigenvalue weighted by atomic mass is 9.41. The molecule has 7 heterocycles. The fourth-order valence-electron chi connectivity index (χ4n) is 19.1. The van der Waals surface area contributed by atoms with Gasteiger partial charge in [-0.25, -0.2) is 0 Å². The number of Topliss-reactive ketones (excluding diaryl/α,β-unsaturated/α-hetero) is 1. The summed E-state index contributed by atoms with van der Waals surface area (Å²) in [6.45, 7) is 12.6. The molecule has 31 nitrogen and oxygen atoms in total. The lowest BCUT2D eigenvalue weighted by Gasteiger charge is -2.67. The van der Waals surface area contributed by atoms with Gasteiger partial charge in [0.2, 0.25) is 0 Å². The van der Waals surface area contributed by atoms with Crippen LogP contribution in [0.2, 0.25) is 0 Å². The van der Waals surface area contributed by atoms with Crippen molar-refractivity contribution in [2.24, 2.45) is 28.6 Å². The van der Waals surface area contributed by atoms with Crippen molar-refractivity contribution < 1.29 is 152 Å².